The molecule has 18 heavy (non-hydrogen) atoms. The van der Waals surface area contributed by atoms with Gasteiger partial charge in [0.05, 0.1) is 17.8 Å². The zero-order chi connectivity index (χ0) is 13.1. The quantitative estimate of drug-likeness (QED) is 0.920. The summed E-state index contributed by atoms with van der Waals surface area (Å²) in [7, 11) is 0. The van der Waals surface area contributed by atoms with Gasteiger partial charge in [-0.3, -0.25) is 0 Å². The molecule has 3 nitrogen and oxygen atoms in total. The third-order valence-electron chi connectivity index (χ3n) is 2.42. The van der Waals surface area contributed by atoms with E-state index < -0.39 is 5.82 Å². The first-order valence-electron chi connectivity index (χ1n) is 5.70. The SMILES string of the molecule is CC(C)NCc1ncc(-c2ccc(Cl)c(F)c2)o1. The minimum absolute atomic E-state index is 0.0972. The van der Waals surface area contributed by atoms with Gasteiger partial charge in [-0.25, -0.2) is 9.37 Å². The number of hydrogen-bond donors (Lipinski definition) is 1. The molecule has 0 unspecified atom stereocenters. The lowest BCUT2D eigenvalue weighted by atomic mass is 10.2. The molecule has 0 atom stereocenters. The number of rotatable bonds is 4. The van der Waals surface area contributed by atoms with E-state index in [0.717, 1.165) is 0 Å². The van der Waals surface area contributed by atoms with E-state index in [4.69, 9.17) is 16.0 Å². The van der Waals surface area contributed by atoms with E-state index in [1.807, 2.05) is 13.8 Å². The first-order chi connectivity index (χ1) is 8.56. The number of nitrogens with zero attached hydrogens (tertiary/aromatic N) is 1. The van der Waals surface area contributed by atoms with Gasteiger partial charge >= 0.3 is 0 Å². The fourth-order valence-electron chi connectivity index (χ4n) is 1.47. The fraction of sp³-hybridized carbons (Fsp3) is 0.308. The fourth-order valence-corrected chi connectivity index (χ4v) is 1.58. The molecular formula is C13H14ClFN2O. The van der Waals surface area contributed by atoms with Gasteiger partial charge in [-0.05, 0) is 18.2 Å². The lowest BCUT2D eigenvalue weighted by Crippen LogP contribution is -2.21. The second kappa shape index (κ2) is 5.50. The monoisotopic (exact) mass is 268 g/mol. The van der Waals surface area contributed by atoms with Crippen molar-refractivity contribution in [3.05, 3.63) is 41.1 Å². The standard InChI is InChI=1S/C13H14ClFN2O/c1-8(2)16-7-13-17-6-12(18-13)9-3-4-10(14)11(15)5-9/h3-6,8,16H,7H2,1-2H3. The largest absolute Gasteiger partial charge is 0.439 e. The molecular weight excluding hydrogens is 255 g/mol. The summed E-state index contributed by atoms with van der Waals surface area (Å²) in [5.74, 6) is 0.646. The van der Waals surface area contributed by atoms with E-state index in [2.05, 4.69) is 10.3 Å². The topological polar surface area (TPSA) is 38.1 Å². The van der Waals surface area contributed by atoms with E-state index in [1.165, 1.54) is 12.1 Å². The van der Waals surface area contributed by atoms with Gasteiger partial charge < -0.3 is 9.73 Å². The highest BCUT2D eigenvalue weighted by molar-refractivity contribution is 6.30. The van der Waals surface area contributed by atoms with Crippen molar-refractivity contribution in [2.24, 2.45) is 0 Å². The second-order valence-electron chi connectivity index (χ2n) is 4.28. The van der Waals surface area contributed by atoms with Crippen LogP contribution < -0.4 is 5.32 Å². The van der Waals surface area contributed by atoms with E-state index >= 15 is 0 Å². The van der Waals surface area contributed by atoms with Crippen LogP contribution in [-0.2, 0) is 6.54 Å². The van der Waals surface area contributed by atoms with Crippen molar-refractivity contribution in [1.82, 2.24) is 10.3 Å². The van der Waals surface area contributed by atoms with Crippen LogP contribution in [0.5, 0.6) is 0 Å². The van der Waals surface area contributed by atoms with Gasteiger partial charge in [0.15, 0.2) is 5.76 Å². The minimum Gasteiger partial charge on any atom is -0.439 e. The van der Waals surface area contributed by atoms with Crippen molar-refractivity contribution in [2.45, 2.75) is 26.4 Å². The molecule has 2 aromatic rings. The van der Waals surface area contributed by atoms with Crippen LogP contribution in [0.2, 0.25) is 5.02 Å². The van der Waals surface area contributed by atoms with E-state index in [0.29, 0.717) is 29.8 Å². The average molecular weight is 269 g/mol. The summed E-state index contributed by atoms with van der Waals surface area (Å²) >= 11 is 5.63. The molecule has 0 amide bonds. The Balaban J connectivity index is 2.16. The Bertz CT molecular complexity index is 540. The lowest BCUT2D eigenvalue weighted by Gasteiger charge is -2.04. The second-order valence-corrected chi connectivity index (χ2v) is 4.69. The molecule has 0 spiro atoms. The molecule has 0 radical (unpaired) electrons. The predicted molar refractivity (Wildman–Crippen MR) is 68.9 cm³/mol. The van der Waals surface area contributed by atoms with Crippen molar-refractivity contribution in [3.63, 3.8) is 0 Å². The Labute approximate surface area is 110 Å². The number of nitrogens with one attached hydrogen (secondary N) is 1. The normalized spacial score (nSPS) is 11.2. The molecule has 0 saturated carbocycles. The summed E-state index contributed by atoms with van der Waals surface area (Å²) < 4.78 is 18.9. The molecule has 0 aliphatic rings. The van der Waals surface area contributed by atoms with Crippen LogP contribution in [0.1, 0.15) is 19.7 Å². The van der Waals surface area contributed by atoms with Crippen LogP contribution in [-0.4, -0.2) is 11.0 Å². The van der Waals surface area contributed by atoms with E-state index in [9.17, 15) is 4.39 Å². The maximum absolute atomic E-state index is 13.3. The van der Waals surface area contributed by atoms with Crippen molar-refractivity contribution < 1.29 is 8.81 Å². The predicted octanol–water partition coefficient (Wildman–Crippen LogP) is 3.63. The Hall–Kier alpha value is -1.39. The van der Waals surface area contributed by atoms with Gasteiger partial charge in [0.25, 0.3) is 0 Å². The third-order valence-corrected chi connectivity index (χ3v) is 2.73. The van der Waals surface area contributed by atoms with Crippen molar-refractivity contribution in [1.29, 1.82) is 0 Å². The zero-order valence-electron chi connectivity index (χ0n) is 10.2. The molecule has 1 aromatic carbocycles. The van der Waals surface area contributed by atoms with Crippen molar-refractivity contribution in [2.75, 3.05) is 0 Å². The first kappa shape index (κ1) is 13.1. The molecule has 1 N–H and O–H groups in total. The third kappa shape index (κ3) is 3.09. The van der Waals surface area contributed by atoms with E-state index in [1.54, 1.807) is 12.3 Å². The van der Waals surface area contributed by atoms with Crippen molar-refractivity contribution in [3.8, 4) is 11.3 Å². The van der Waals surface area contributed by atoms with E-state index in [-0.39, 0.29) is 5.02 Å². The Kier molecular flexibility index (Phi) is 3.99. The highest BCUT2D eigenvalue weighted by atomic mass is 35.5. The molecule has 0 aliphatic heterocycles. The molecule has 0 saturated heterocycles. The lowest BCUT2D eigenvalue weighted by molar-refractivity contribution is 0.458. The summed E-state index contributed by atoms with van der Waals surface area (Å²) in [5, 5.41) is 3.29. The number of oxazole rings is 1. The van der Waals surface area contributed by atoms with Gasteiger partial charge in [0.1, 0.15) is 5.82 Å². The molecule has 0 bridgehead atoms. The zero-order valence-corrected chi connectivity index (χ0v) is 11.0. The van der Waals surface area contributed by atoms with Crippen molar-refractivity contribution >= 4 is 11.6 Å². The Morgan fingerprint density at radius 3 is 2.89 bits per heavy atom. The summed E-state index contributed by atoms with van der Waals surface area (Å²) in [6.07, 6.45) is 1.58. The smallest absolute Gasteiger partial charge is 0.208 e. The molecule has 0 fully saturated rings. The molecule has 0 aliphatic carbocycles. The van der Waals surface area contributed by atoms with Gasteiger partial charge in [-0.1, -0.05) is 25.4 Å². The van der Waals surface area contributed by atoms with Gasteiger partial charge in [0.2, 0.25) is 5.89 Å². The summed E-state index contributed by atoms with van der Waals surface area (Å²) in [5.41, 5.74) is 0.625. The average Bonchev–Trinajstić information content (AvgIpc) is 2.79. The Morgan fingerprint density at radius 2 is 2.22 bits per heavy atom. The molecule has 1 heterocycles. The van der Waals surface area contributed by atoms with Gasteiger partial charge in [0, 0.05) is 11.6 Å². The summed E-state index contributed by atoms with van der Waals surface area (Å²) in [6.45, 7) is 4.63. The Morgan fingerprint density at radius 1 is 1.44 bits per heavy atom. The first-order valence-corrected chi connectivity index (χ1v) is 6.07. The van der Waals surface area contributed by atoms with Crippen LogP contribution in [0.25, 0.3) is 11.3 Å². The molecule has 1 aromatic heterocycles. The van der Waals surface area contributed by atoms with Gasteiger partial charge in [-0.15, -0.1) is 0 Å². The molecule has 2 rings (SSSR count). The molecule has 96 valence electrons. The maximum Gasteiger partial charge on any atom is 0.208 e. The van der Waals surface area contributed by atoms with Crippen LogP contribution in [0.4, 0.5) is 4.39 Å². The molecule has 5 heteroatoms. The van der Waals surface area contributed by atoms with Crippen LogP contribution in [0, 0.1) is 5.82 Å². The number of benzene rings is 1. The minimum atomic E-state index is -0.465. The van der Waals surface area contributed by atoms with Crippen LogP contribution in [0.3, 0.4) is 0 Å². The number of hydrogen-bond acceptors (Lipinski definition) is 3. The van der Waals surface area contributed by atoms with Crippen LogP contribution in [0.15, 0.2) is 28.8 Å². The highest BCUT2D eigenvalue weighted by Crippen LogP contribution is 2.24. The number of aromatic nitrogens is 1. The van der Waals surface area contributed by atoms with Crippen LogP contribution >= 0.6 is 11.6 Å². The highest BCUT2D eigenvalue weighted by Gasteiger charge is 2.09. The number of halogens is 2. The van der Waals surface area contributed by atoms with Gasteiger partial charge in [-0.2, -0.15) is 0 Å². The summed E-state index contributed by atoms with van der Waals surface area (Å²) in [4.78, 5) is 4.13. The summed E-state index contributed by atoms with van der Waals surface area (Å²) in [6, 6.07) is 4.89. The maximum atomic E-state index is 13.3.